The molecule has 0 saturated heterocycles. The lowest BCUT2D eigenvalue weighted by Crippen LogP contribution is -2.21. The van der Waals surface area contributed by atoms with E-state index in [-0.39, 0.29) is 0 Å². The fourth-order valence-corrected chi connectivity index (χ4v) is 2.54. The molecule has 3 aromatic rings. The van der Waals surface area contributed by atoms with Crippen molar-refractivity contribution in [3.8, 4) is 0 Å². The maximum atomic E-state index is 5.04. The quantitative estimate of drug-likeness (QED) is 0.671. The van der Waals surface area contributed by atoms with E-state index < -0.39 is 0 Å². The minimum atomic E-state index is 0.616. The Balaban J connectivity index is 1.69. The van der Waals surface area contributed by atoms with Crippen LogP contribution >= 0.6 is 0 Å². The van der Waals surface area contributed by atoms with Gasteiger partial charge in [0.25, 0.3) is 0 Å². The van der Waals surface area contributed by atoms with Crippen LogP contribution < -0.4 is 15.5 Å². The Bertz CT molecular complexity index is 810. The summed E-state index contributed by atoms with van der Waals surface area (Å²) in [4.78, 5) is 10.8. The minimum absolute atomic E-state index is 0.616. The molecule has 0 amide bonds. The summed E-state index contributed by atoms with van der Waals surface area (Å²) in [5.41, 5.74) is 2.18. The summed E-state index contributed by atoms with van der Waals surface area (Å²) in [6.45, 7) is 8.13. The number of rotatable bonds is 7. The van der Waals surface area contributed by atoms with E-state index >= 15 is 0 Å². The van der Waals surface area contributed by atoms with Crippen molar-refractivity contribution in [2.75, 3.05) is 28.6 Å². The average molecular weight is 338 g/mol. The van der Waals surface area contributed by atoms with Crippen LogP contribution in [0.25, 0.3) is 0 Å². The van der Waals surface area contributed by atoms with E-state index in [9.17, 15) is 0 Å². The first kappa shape index (κ1) is 16.8. The molecule has 0 spiro atoms. The van der Waals surface area contributed by atoms with Gasteiger partial charge in [0.2, 0.25) is 0 Å². The molecule has 25 heavy (non-hydrogen) atoms. The number of anilines is 5. The summed E-state index contributed by atoms with van der Waals surface area (Å²) < 4.78 is 5.04. The highest BCUT2D eigenvalue weighted by Crippen LogP contribution is 2.22. The van der Waals surface area contributed by atoms with Crippen LogP contribution in [0.15, 0.2) is 47.2 Å². The SMILES string of the molecule is CCN(CC)c1ccc(Nc2cc(Nc3cc(C)on3)ncn2)cc1. The lowest BCUT2D eigenvalue weighted by Gasteiger charge is -2.21. The zero-order valence-corrected chi connectivity index (χ0v) is 14.7. The zero-order valence-electron chi connectivity index (χ0n) is 14.7. The predicted molar refractivity (Wildman–Crippen MR) is 99.8 cm³/mol. The number of aryl methyl sites for hydroxylation is 1. The molecule has 0 aliphatic heterocycles. The van der Waals surface area contributed by atoms with Gasteiger partial charge in [0.1, 0.15) is 23.7 Å². The standard InChI is InChI=1S/C18H22N6O/c1-4-24(5-2)15-8-6-14(7-9-15)21-16-11-17(20-12-19-16)22-18-10-13(3)25-23-18/h6-12H,4-5H2,1-3H3,(H2,19,20,21,22,23). The molecular formula is C18H22N6O. The smallest absolute Gasteiger partial charge is 0.175 e. The van der Waals surface area contributed by atoms with E-state index in [1.54, 1.807) is 6.07 Å². The monoisotopic (exact) mass is 338 g/mol. The molecule has 1 aromatic carbocycles. The third-order valence-electron chi connectivity index (χ3n) is 3.82. The fourth-order valence-electron chi connectivity index (χ4n) is 2.54. The lowest BCUT2D eigenvalue weighted by molar-refractivity contribution is 0.400. The maximum Gasteiger partial charge on any atom is 0.175 e. The van der Waals surface area contributed by atoms with E-state index in [1.165, 1.54) is 12.0 Å². The second-order valence-electron chi connectivity index (χ2n) is 5.58. The van der Waals surface area contributed by atoms with Gasteiger partial charge in [-0.25, -0.2) is 9.97 Å². The van der Waals surface area contributed by atoms with E-state index in [1.807, 2.05) is 25.1 Å². The molecule has 2 heterocycles. The number of hydrogen-bond acceptors (Lipinski definition) is 7. The first-order valence-electron chi connectivity index (χ1n) is 8.32. The highest BCUT2D eigenvalue weighted by Gasteiger charge is 2.05. The van der Waals surface area contributed by atoms with E-state index in [0.717, 1.165) is 24.5 Å². The highest BCUT2D eigenvalue weighted by atomic mass is 16.5. The molecule has 7 heteroatoms. The third-order valence-corrected chi connectivity index (χ3v) is 3.82. The Labute approximate surface area is 147 Å². The Morgan fingerprint density at radius 3 is 2.20 bits per heavy atom. The number of aromatic nitrogens is 3. The van der Waals surface area contributed by atoms with Gasteiger partial charge in [0, 0.05) is 36.6 Å². The van der Waals surface area contributed by atoms with Crippen molar-refractivity contribution >= 4 is 28.8 Å². The van der Waals surface area contributed by atoms with Gasteiger partial charge >= 0.3 is 0 Å². The van der Waals surface area contributed by atoms with Gasteiger partial charge < -0.3 is 20.1 Å². The van der Waals surface area contributed by atoms with Gasteiger partial charge in [-0.15, -0.1) is 0 Å². The summed E-state index contributed by atoms with van der Waals surface area (Å²) in [5, 5.41) is 10.3. The molecule has 7 nitrogen and oxygen atoms in total. The van der Waals surface area contributed by atoms with Gasteiger partial charge in [0.05, 0.1) is 0 Å². The molecule has 0 unspecified atom stereocenters. The number of nitrogens with one attached hydrogen (secondary N) is 2. The molecule has 2 N–H and O–H groups in total. The van der Waals surface area contributed by atoms with Crippen molar-refractivity contribution in [2.45, 2.75) is 20.8 Å². The molecule has 0 aliphatic carbocycles. The number of hydrogen-bond donors (Lipinski definition) is 2. The summed E-state index contributed by atoms with van der Waals surface area (Å²) in [5.74, 6) is 2.70. The van der Waals surface area contributed by atoms with E-state index in [0.29, 0.717) is 17.5 Å². The topological polar surface area (TPSA) is 79.1 Å². The maximum absolute atomic E-state index is 5.04. The fraction of sp³-hybridized carbons (Fsp3) is 0.278. The Hall–Kier alpha value is -3.09. The van der Waals surface area contributed by atoms with E-state index in [4.69, 9.17) is 4.52 Å². The first-order chi connectivity index (χ1) is 12.2. The Morgan fingerprint density at radius 2 is 1.60 bits per heavy atom. The van der Waals surface area contributed by atoms with Crippen molar-refractivity contribution in [1.82, 2.24) is 15.1 Å². The van der Waals surface area contributed by atoms with Gasteiger partial charge in [-0.1, -0.05) is 5.16 Å². The van der Waals surface area contributed by atoms with Gasteiger partial charge in [0.15, 0.2) is 5.82 Å². The van der Waals surface area contributed by atoms with Gasteiger partial charge in [-0.2, -0.15) is 0 Å². The van der Waals surface area contributed by atoms with Crippen LogP contribution in [-0.2, 0) is 0 Å². The van der Waals surface area contributed by atoms with Crippen molar-refractivity contribution < 1.29 is 4.52 Å². The highest BCUT2D eigenvalue weighted by molar-refractivity contribution is 5.63. The van der Waals surface area contributed by atoms with Crippen LogP contribution in [0.2, 0.25) is 0 Å². The summed E-state index contributed by atoms with van der Waals surface area (Å²) >= 11 is 0. The Kier molecular flexibility index (Phi) is 5.13. The summed E-state index contributed by atoms with van der Waals surface area (Å²) in [6.07, 6.45) is 1.50. The van der Waals surface area contributed by atoms with Crippen LogP contribution in [0.1, 0.15) is 19.6 Å². The molecular weight excluding hydrogens is 316 g/mol. The van der Waals surface area contributed by atoms with Crippen LogP contribution in [0.4, 0.5) is 28.8 Å². The number of benzene rings is 1. The molecule has 2 aromatic heterocycles. The molecule has 0 saturated carbocycles. The van der Waals surface area contributed by atoms with Crippen molar-refractivity contribution in [2.24, 2.45) is 0 Å². The summed E-state index contributed by atoms with van der Waals surface area (Å²) in [7, 11) is 0. The predicted octanol–water partition coefficient (Wildman–Crippen LogP) is 4.11. The molecule has 0 radical (unpaired) electrons. The molecule has 0 aliphatic rings. The molecule has 130 valence electrons. The van der Waals surface area contributed by atoms with Crippen LogP contribution in [-0.4, -0.2) is 28.2 Å². The van der Waals surface area contributed by atoms with E-state index in [2.05, 4.69) is 56.6 Å². The molecule has 3 rings (SSSR count). The minimum Gasteiger partial charge on any atom is -0.372 e. The molecule has 0 fully saturated rings. The molecule has 0 bridgehead atoms. The zero-order chi connectivity index (χ0) is 17.6. The van der Waals surface area contributed by atoms with Crippen molar-refractivity contribution in [3.05, 3.63) is 48.5 Å². The second kappa shape index (κ2) is 7.65. The normalized spacial score (nSPS) is 10.5. The second-order valence-corrected chi connectivity index (χ2v) is 5.58. The Morgan fingerprint density at radius 1 is 0.920 bits per heavy atom. The lowest BCUT2D eigenvalue weighted by atomic mass is 10.2. The van der Waals surface area contributed by atoms with Crippen LogP contribution in [0.3, 0.4) is 0 Å². The van der Waals surface area contributed by atoms with Gasteiger partial charge in [-0.05, 0) is 45.0 Å². The largest absolute Gasteiger partial charge is 0.372 e. The number of nitrogens with zero attached hydrogens (tertiary/aromatic N) is 4. The average Bonchev–Trinajstić information content (AvgIpc) is 3.02. The molecule has 0 atom stereocenters. The van der Waals surface area contributed by atoms with Crippen molar-refractivity contribution in [3.63, 3.8) is 0 Å². The third kappa shape index (κ3) is 4.26. The van der Waals surface area contributed by atoms with Crippen LogP contribution in [0.5, 0.6) is 0 Å². The first-order valence-corrected chi connectivity index (χ1v) is 8.32. The van der Waals surface area contributed by atoms with Crippen LogP contribution in [0, 0.1) is 6.92 Å². The van der Waals surface area contributed by atoms with Gasteiger partial charge in [-0.3, -0.25) is 0 Å². The van der Waals surface area contributed by atoms with Crippen molar-refractivity contribution in [1.29, 1.82) is 0 Å². The summed E-state index contributed by atoms with van der Waals surface area (Å²) in [6, 6.07) is 11.9.